The van der Waals surface area contributed by atoms with E-state index in [4.69, 9.17) is 9.84 Å². The number of aliphatic carboxylic acids is 1. The molecule has 0 radical (unpaired) electrons. The van der Waals surface area contributed by atoms with Crippen molar-refractivity contribution in [3.63, 3.8) is 0 Å². The third-order valence-corrected chi connectivity index (χ3v) is 2.26. The standard InChI is InChI=1S/C13H21NO4/c1-4-5-8-18-13(17)10(2)9-11(12(15)16)6-7-14-3/h9,14H,2,4-8H2,1,3H3,(H,15,16). The van der Waals surface area contributed by atoms with Crippen LogP contribution in [0.3, 0.4) is 0 Å². The van der Waals surface area contributed by atoms with Gasteiger partial charge in [0.2, 0.25) is 0 Å². The van der Waals surface area contributed by atoms with Crippen molar-refractivity contribution in [1.29, 1.82) is 0 Å². The van der Waals surface area contributed by atoms with Gasteiger partial charge in [-0.1, -0.05) is 19.9 Å². The molecule has 0 aromatic rings. The lowest BCUT2D eigenvalue weighted by atomic mass is 10.1. The maximum absolute atomic E-state index is 11.5. The Balaban J connectivity index is 4.44. The van der Waals surface area contributed by atoms with E-state index in [0.29, 0.717) is 19.6 Å². The molecule has 0 unspecified atom stereocenters. The number of carbonyl (C=O) groups excluding carboxylic acids is 1. The number of carbonyl (C=O) groups is 2. The lowest BCUT2D eigenvalue weighted by Crippen LogP contribution is -2.13. The zero-order valence-corrected chi connectivity index (χ0v) is 11.0. The molecule has 0 fully saturated rings. The van der Waals surface area contributed by atoms with E-state index >= 15 is 0 Å². The molecule has 0 saturated carbocycles. The van der Waals surface area contributed by atoms with Crippen molar-refractivity contribution in [3.8, 4) is 0 Å². The van der Waals surface area contributed by atoms with E-state index in [2.05, 4.69) is 11.9 Å². The fraction of sp³-hybridized carbons (Fsp3) is 0.538. The molecule has 0 heterocycles. The normalized spacial score (nSPS) is 11.1. The molecule has 0 atom stereocenters. The molecule has 2 N–H and O–H groups in total. The number of esters is 1. The summed E-state index contributed by atoms with van der Waals surface area (Å²) in [6.07, 6.45) is 3.31. The van der Waals surface area contributed by atoms with Crippen LogP contribution in [0.4, 0.5) is 0 Å². The van der Waals surface area contributed by atoms with Crippen LogP contribution in [0.25, 0.3) is 0 Å². The van der Waals surface area contributed by atoms with Gasteiger partial charge in [-0.05, 0) is 32.5 Å². The first-order chi connectivity index (χ1) is 8.52. The fourth-order valence-corrected chi connectivity index (χ4v) is 1.17. The van der Waals surface area contributed by atoms with E-state index in [0.717, 1.165) is 12.8 Å². The summed E-state index contributed by atoms with van der Waals surface area (Å²) in [5.41, 5.74) is 0.210. The van der Waals surface area contributed by atoms with E-state index in [9.17, 15) is 9.59 Å². The Morgan fingerprint density at radius 2 is 2.11 bits per heavy atom. The summed E-state index contributed by atoms with van der Waals surface area (Å²) in [4.78, 5) is 22.4. The molecule has 0 aromatic carbocycles. The Morgan fingerprint density at radius 1 is 1.44 bits per heavy atom. The van der Waals surface area contributed by atoms with Gasteiger partial charge in [0, 0.05) is 5.57 Å². The topological polar surface area (TPSA) is 75.6 Å². The molecule has 5 nitrogen and oxygen atoms in total. The minimum absolute atomic E-state index is 0.0691. The van der Waals surface area contributed by atoms with Crippen LogP contribution in [0.1, 0.15) is 26.2 Å². The Kier molecular flexibility index (Phi) is 8.57. The number of unbranched alkanes of at least 4 members (excludes halogenated alkanes) is 1. The third-order valence-electron chi connectivity index (χ3n) is 2.26. The number of carboxylic acid groups (broad SMARTS) is 1. The summed E-state index contributed by atoms with van der Waals surface area (Å²) < 4.78 is 4.94. The van der Waals surface area contributed by atoms with Crippen molar-refractivity contribution >= 4 is 11.9 Å². The lowest BCUT2D eigenvalue weighted by molar-refractivity contribution is -0.138. The first kappa shape index (κ1) is 16.4. The van der Waals surface area contributed by atoms with Crippen LogP contribution >= 0.6 is 0 Å². The van der Waals surface area contributed by atoms with E-state index in [-0.39, 0.29) is 11.1 Å². The highest BCUT2D eigenvalue weighted by atomic mass is 16.5. The number of hydrogen-bond donors (Lipinski definition) is 2. The van der Waals surface area contributed by atoms with E-state index in [1.165, 1.54) is 6.08 Å². The second-order valence-corrected chi connectivity index (χ2v) is 3.84. The average Bonchev–Trinajstić information content (AvgIpc) is 2.33. The first-order valence-corrected chi connectivity index (χ1v) is 5.97. The molecule has 0 saturated heterocycles. The molecular formula is C13H21NO4. The Labute approximate surface area is 108 Å². The number of rotatable bonds is 9. The molecule has 0 aromatic heterocycles. The van der Waals surface area contributed by atoms with Crippen molar-refractivity contribution in [2.75, 3.05) is 20.2 Å². The fourth-order valence-electron chi connectivity index (χ4n) is 1.17. The van der Waals surface area contributed by atoms with Gasteiger partial charge in [0.1, 0.15) is 0 Å². The van der Waals surface area contributed by atoms with Crippen molar-refractivity contribution < 1.29 is 19.4 Å². The zero-order valence-electron chi connectivity index (χ0n) is 11.0. The largest absolute Gasteiger partial charge is 0.478 e. The predicted molar refractivity (Wildman–Crippen MR) is 69.3 cm³/mol. The molecule has 0 aliphatic heterocycles. The highest BCUT2D eigenvalue weighted by Crippen LogP contribution is 2.07. The maximum Gasteiger partial charge on any atom is 0.337 e. The van der Waals surface area contributed by atoms with Crippen molar-refractivity contribution in [3.05, 3.63) is 23.8 Å². The van der Waals surface area contributed by atoms with Crippen LogP contribution in [-0.4, -0.2) is 37.2 Å². The third kappa shape index (κ3) is 6.85. The minimum atomic E-state index is -1.05. The molecule has 0 spiro atoms. The van der Waals surface area contributed by atoms with Crippen molar-refractivity contribution in [2.24, 2.45) is 0 Å². The molecular weight excluding hydrogens is 234 g/mol. The van der Waals surface area contributed by atoms with E-state index < -0.39 is 11.9 Å². The SMILES string of the molecule is C=C(C=C(CCNC)C(=O)O)C(=O)OCCCC. The maximum atomic E-state index is 11.5. The quantitative estimate of drug-likeness (QED) is 0.283. The summed E-state index contributed by atoms with van der Waals surface area (Å²) in [6, 6.07) is 0. The zero-order chi connectivity index (χ0) is 14.0. The van der Waals surface area contributed by atoms with Gasteiger partial charge in [-0.15, -0.1) is 0 Å². The minimum Gasteiger partial charge on any atom is -0.478 e. The lowest BCUT2D eigenvalue weighted by Gasteiger charge is -2.05. The van der Waals surface area contributed by atoms with Crippen molar-refractivity contribution in [1.82, 2.24) is 5.32 Å². The van der Waals surface area contributed by atoms with Gasteiger partial charge in [0.15, 0.2) is 0 Å². The van der Waals surface area contributed by atoms with Crippen LogP contribution in [0, 0.1) is 0 Å². The molecule has 102 valence electrons. The van der Waals surface area contributed by atoms with Gasteiger partial charge in [-0.3, -0.25) is 0 Å². The van der Waals surface area contributed by atoms with Gasteiger partial charge in [-0.25, -0.2) is 9.59 Å². The average molecular weight is 255 g/mol. The van der Waals surface area contributed by atoms with Crippen LogP contribution in [0.2, 0.25) is 0 Å². The van der Waals surface area contributed by atoms with Crippen LogP contribution in [0.15, 0.2) is 23.8 Å². The number of carboxylic acids is 1. The second-order valence-electron chi connectivity index (χ2n) is 3.84. The molecule has 18 heavy (non-hydrogen) atoms. The van der Waals surface area contributed by atoms with Gasteiger partial charge in [0.05, 0.1) is 12.2 Å². The van der Waals surface area contributed by atoms with Crippen molar-refractivity contribution in [2.45, 2.75) is 26.2 Å². The molecule has 0 aliphatic carbocycles. The van der Waals surface area contributed by atoms with Crippen LogP contribution < -0.4 is 5.32 Å². The van der Waals surface area contributed by atoms with Gasteiger partial charge in [-0.2, -0.15) is 0 Å². The Morgan fingerprint density at radius 3 is 2.61 bits per heavy atom. The molecule has 0 rings (SSSR count). The highest BCUT2D eigenvalue weighted by Gasteiger charge is 2.11. The van der Waals surface area contributed by atoms with Gasteiger partial charge < -0.3 is 15.2 Å². The van der Waals surface area contributed by atoms with Gasteiger partial charge in [0.25, 0.3) is 0 Å². The van der Waals surface area contributed by atoms with E-state index in [1.54, 1.807) is 7.05 Å². The summed E-state index contributed by atoms with van der Waals surface area (Å²) in [5, 5.41) is 11.8. The Hall–Kier alpha value is -1.62. The number of nitrogens with one attached hydrogen (secondary N) is 1. The highest BCUT2D eigenvalue weighted by molar-refractivity contribution is 5.95. The van der Waals surface area contributed by atoms with Crippen LogP contribution in [0.5, 0.6) is 0 Å². The molecule has 5 heteroatoms. The Bertz CT molecular complexity index is 334. The molecule has 0 aliphatic rings. The smallest absolute Gasteiger partial charge is 0.337 e. The number of hydrogen-bond acceptors (Lipinski definition) is 4. The summed E-state index contributed by atoms with van der Waals surface area (Å²) in [6.45, 7) is 6.38. The first-order valence-electron chi connectivity index (χ1n) is 5.97. The summed E-state index contributed by atoms with van der Waals surface area (Å²) in [5.74, 6) is -1.61. The van der Waals surface area contributed by atoms with E-state index in [1.807, 2.05) is 6.92 Å². The molecule has 0 bridgehead atoms. The summed E-state index contributed by atoms with van der Waals surface area (Å²) in [7, 11) is 1.73. The second kappa shape index (κ2) is 9.41. The molecule has 0 amide bonds. The number of ether oxygens (including phenoxy) is 1. The monoisotopic (exact) mass is 255 g/mol. The van der Waals surface area contributed by atoms with Crippen LogP contribution in [-0.2, 0) is 14.3 Å². The summed E-state index contributed by atoms with van der Waals surface area (Å²) >= 11 is 0. The van der Waals surface area contributed by atoms with Gasteiger partial charge >= 0.3 is 11.9 Å². The predicted octanol–water partition coefficient (Wildman–Crippen LogP) is 1.51.